The van der Waals surface area contributed by atoms with E-state index in [4.69, 9.17) is 4.74 Å². The molecule has 0 radical (unpaired) electrons. The number of aromatic amines is 1. The first-order valence-corrected chi connectivity index (χ1v) is 7.13. The lowest BCUT2D eigenvalue weighted by Gasteiger charge is -2.11. The summed E-state index contributed by atoms with van der Waals surface area (Å²) in [6, 6.07) is 7.79. The van der Waals surface area contributed by atoms with Crippen LogP contribution in [0.4, 0.5) is 0 Å². The third-order valence-electron chi connectivity index (χ3n) is 3.11. The Hall–Kier alpha value is -2.30. The molecule has 1 aromatic carbocycles. The Kier molecular flexibility index (Phi) is 5.37. The Morgan fingerprint density at radius 1 is 1.48 bits per heavy atom. The fourth-order valence-electron chi connectivity index (χ4n) is 2.02. The molecule has 0 aliphatic rings. The number of carbonyl (C=O) groups excluding carboxylic acids is 1. The molecule has 0 aliphatic heterocycles. The molecule has 0 bridgehead atoms. The van der Waals surface area contributed by atoms with Crippen molar-refractivity contribution < 1.29 is 9.53 Å². The molecule has 0 saturated heterocycles. The molecule has 1 atom stereocenters. The summed E-state index contributed by atoms with van der Waals surface area (Å²) < 4.78 is 5.62. The Bertz CT molecular complexity index is 567. The maximum absolute atomic E-state index is 11.8. The molecule has 2 rings (SSSR count). The van der Waals surface area contributed by atoms with Crippen molar-refractivity contribution in [1.29, 1.82) is 0 Å². The Morgan fingerprint density at radius 2 is 2.33 bits per heavy atom. The summed E-state index contributed by atoms with van der Waals surface area (Å²) >= 11 is 0. The van der Waals surface area contributed by atoms with Gasteiger partial charge in [0.15, 0.2) is 0 Å². The van der Waals surface area contributed by atoms with Crippen molar-refractivity contribution in [2.75, 3.05) is 6.61 Å². The van der Waals surface area contributed by atoms with Crippen LogP contribution in [-0.2, 0) is 4.79 Å². The standard InChI is InChI=1S/C16H21N3O2/c1-12-5-3-6-14(11-12)21-10-4-7-15(20)19-13(2)16-17-8-9-18-16/h3,5-6,8-9,11,13H,4,7,10H2,1-2H3,(H,17,18)(H,19,20). The van der Waals surface area contributed by atoms with Gasteiger partial charge in [-0.25, -0.2) is 4.98 Å². The quantitative estimate of drug-likeness (QED) is 0.769. The van der Waals surface area contributed by atoms with E-state index in [0.29, 0.717) is 19.4 Å². The number of nitrogens with one attached hydrogen (secondary N) is 2. The monoisotopic (exact) mass is 287 g/mol. The minimum Gasteiger partial charge on any atom is -0.494 e. The molecule has 0 fully saturated rings. The zero-order chi connectivity index (χ0) is 15.1. The summed E-state index contributed by atoms with van der Waals surface area (Å²) in [5, 5.41) is 2.90. The molecule has 5 heteroatoms. The molecule has 1 aromatic heterocycles. The van der Waals surface area contributed by atoms with Crippen LogP contribution in [0.5, 0.6) is 5.75 Å². The number of H-pyrrole nitrogens is 1. The normalized spacial score (nSPS) is 11.9. The molecule has 2 N–H and O–H groups in total. The summed E-state index contributed by atoms with van der Waals surface area (Å²) in [5.74, 6) is 1.62. The average molecular weight is 287 g/mol. The lowest BCUT2D eigenvalue weighted by Crippen LogP contribution is -2.27. The van der Waals surface area contributed by atoms with Crippen LogP contribution in [0.25, 0.3) is 0 Å². The van der Waals surface area contributed by atoms with Gasteiger partial charge in [0.25, 0.3) is 0 Å². The minimum absolute atomic E-state index is 0.00624. The van der Waals surface area contributed by atoms with E-state index in [2.05, 4.69) is 15.3 Å². The van der Waals surface area contributed by atoms with E-state index >= 15 is 0 Å². The van der Waals surface area contributed by atoms with E-state index in [9.17, 15) is 4.79 Å². The number of ether oxygens (including phenoxy) is 1. The molecule has 1 unspecified atom stereocenters. The number of hydrogen-bond donors (Lipinski definition) is 2. The Balaban J connectivity index is 1.65. The number of aryl methyl sites for hydroxylation is 1. The van der Waals surface area contributed by atoms with Crippen LogP contribution in [-0.4, -0.2) is 22.5 Å². The van der Waals surface area contributed by atoms with Crippen LogP contribution in [0.3, 0.4) is 0 Å². The van der Waals surface area contributed by atoms with E-state index in [-0.39, 0.29) is 11.9 Å². The molecular formula is C16H21N3O2. The Labute approximate surface area is 124 Å². The van der Waals surface area contributed by atoms with Gasteiger partial charge in [0, 0.05) is 18.8 Å². The molecule has 1 amide bonds. The van der Waals surface area contributed by atoms with Gasteiger partial charge in [-0.2, -0.15) is 0 Å². The van der Waals surface area contributed by atoms with E-state index in [1.54, 1.807) is 12.4 Å². The number of aromatic nitrogens is 2. The predicted octanol–water partition coefficient (Wildman–Crippen LogP) is 2.75. The zero-order valence-electron chi connectivity index (χ0n) is 12.4. The molecule has 1 heterocycles. The van der Waals surface area contributed by atoms with Gasteiger partial charge in [0.2, 0.25) is 5.91 Å². The fraction of sp³-hybridized carbons (Fsp3) is 0.375. The largest absolute Gasteiger partial charge is 0.494 e. The second kappa shape index (κ2) is 7.47. The molecule has 2 aromatic rings. The van der Waals surface area contributed by atoms with Crippen molar-refractivity contribution >= 4 is 5.91 Å². The molecular weight excluding hydrogens is 266 g/mol. The van der Waals surface area contributed by atoms with E-state index < -0.39 is 0 Å². The van der Waals surface area contributed by atoms with Crippen molar-refractivity contribution in [3.63, 3.8) is 0 Å². The number of nitrogens with zero attached hydrogens (tertiary/aromatic N) is 1. The summed E-state index contributed by atoms with van der Waals surface area (Å²) in [4.78, 5) is 18.9. The number of benzene rings is 1. The van der Waals surface area contributed by atoms with Gasteiger partial charge in [0.1, 0.15) is 11.6 Å². The van der Waals surface area contributed by atoms with Gasteiger partial charge < -0.3 is 15.0 Å². The molecule has 0 saturated carbocycles. The predicted molar refractivity (Wildman–Crippen MR) is 81.1 cm³/mol. The molecule has 21 heavy (non-hydrogen) atoms. The number of hydrogen-bond acceptors (Lipinski definition) is 3. The molecule has 0 spiro atoms. The number of carbonyl (C=O) groups is 1. The molecule has 0 aliphatic carbocycles. The van der Waals surface area contributed by atoms with Crippen LogP contribution in [0.1, 0.15) is 37.2 Å². The van der Waals surface area contributed by atoms with Crippen molar-refractivity contribution in [1.82, 2.24) is 15.3 Å². The third kappa shape index (κ3) is 4.95. The topological polar surface area (TPSA) is 67.0 Å². The smallest absolute Gasteiger partial charge is 0.220 e. The first kappa shape index (κ1) is 15.1. The van der Waals surface area contributed by atoms with Crippen LogP contribution in [0.2, 0.25) is 0 Å². The third-order valence-corrected chi connectivity index (χ3v) is 3.11. The Morgan fingerprint density at radius 3 is 3.05 bits per heavy atom. The highest BCUT2D eigenvalue weighted by Gasteiger charge is 2.10. The average Bonchev–Trinajstić information content (AvgIpc) is 2.98. The molecule has 5 nitrogen and oxygen atoms in total. The van der Waals surface area contributed by atoms with Gasteiger partial charge >= 0.3 is 0 Å². The van der Waals surface area contributed by atoms with Crippen molar-refractivity contribution in [3.05, 3.63) is 48.0 Å². The number of imidazole rings is 1. The van der Waals surface area contributed by atoms with E-state index in [1.807, 2.05) is 38.1 Å². The number of rotatable bonds is 7. The maximum atomic E-state index is 11.8. The summed E-state index contributed by atoms with van der Waals surface area (Å²) in [5.41, 5.74) is 1.16. The minimum atomic E-state index is -0.106. The van der Waals surface area contributed by atoms with Gasteiger partial charge in [-0.3, -0.25) is 4.79 Å². The zero-order valence-corrected chi connectivity index (χ0v) is 12.4. The van der Waals surface area contributed by atoms with Gasteiger partial charge in [-0.1, -0.05) is 12.1 Å². The molecule has 112 valence electrons. The van der Waals surface area contributed by atoms with Crippen molar-refractivity contribution in [2.24, 2.45) is 0 Å². The lowest BCUT2D eigenvalue weighted by molar-refractivity contribution is -0.122. The second-order valence-electron chi connectivity index (χ2n) is 5.03. The summed E-state index contributed by atoms with van der Waals surface area (Å²) in [6.07, 6.45) is 4.54. The van der Waals surface area contributed by atoms with E-state index in [1.165, 1.54) is 0 Å². The second-order valence-corrected chi connectivity index (χ2v) is 5.03. The van der Waals surface area contributed by atoms with Crippen LogP contribution in [0.15, 0.2) is 36.7 Å². The van der Waals surface area contributed by atoms with Crippen LogP contribution < -0.4 is 10.1 Å². The highest BCUT2D eigenvalue weighted by Crippen LogP contribution is 2.13. The van der Waals surface area contributed by atoms with Gasteiger partial charge in [-0.15, -0.1) is 0 Å². The first-order chi connectivity index (χ1) is 10.1. The van der Waals surface area contributed by atoms with Crippen LogP contribution in [0, 0.1) is 6.92 Å². The fourth-order valence-corrected chi connectivity index (χ4v) is 2.02. The van der Waals surface area contributed by atoms with Crippen molar-refractivity contribution in [2.45, 2.75) is 32.7 Å². The summed E-state index contributed by atoms with van der Waals surface area (Å²) in [6.45, 7) is 4.46. The van der Waals surface area contributed by atoms with Gasteiger partial charge in [-0.05, 0) is 38.0 Å². The highest BCUT2D eigenvalue weighted by molar-refractivity contribution is 5.76. The maximum Gasteiger partial charge on any atom is 0.220 e. The highest BCUT2D eigenvalue weighted by atomic mass is 16.5. The SMILES string of the molecule is Cc1cccc(OCCCC(=O)NC(C)c2ncc[nH]2)c1. The van der Waals surface area contributed by atoms with Crippen molar-refractivity contribution in [3.8, 4) is 5.75 Å². The van der Waals surface area contributed by atoms with E-state index in [0.717, 1.165) is 17.1 Å². The first-order valence-electron chi connectivity index (χ1n) is 7.13. The summed E-state index contributed by atoms with van der Waals surface area (Å²) in [7, 11) is 0. The number of amides is 1. The van der Waals surface area contributed by atoms with Crippen LogP contribution >= 0.6 is 0 Å². The lowest BCUT2D eigenvalue weighted by atomic mass is 10.2. The van der Waals surface area contributed by atoms with Gasteiger partial charge in [0.05, 0.1) is 12.6 Å².